The van der Waals surface area contributed by atoms with Gasteiger partial charge >= 0.3 is 12.1 Å². The smallest absolute Gasteiger partial charge is 0.407 e. The third-order valence-electron chi connectivity index (χ3n) is 11.4. The zero-order valence-electron chi connectivity index (χ0n) is 33.4. The van der Waals surface area contributed by atoms with Crippen molar-refractivity contribution >= 4 is 62.4 Å². The van der Waals surface area contributed by atoms with E-state index in [0.29, 0.717) is 25.2 Å². The molecule has 3 N–H and O–H groups in total. The second-order valence-corrected chi connectivity index (χ2v) is 21.2. The van der Waals surface area contributed by atoms with Crippen LogP contribution in [0.4, 0.5) is 4.79 Å². The largest absolute Gasteiger partial charge is 0.460 e. The van der Waals surface area contributed by atoms with E-state index in [1.165, 1.54) is 27.7 Å². The van der Waals surface area contributed by atoms with Crippen molar-refractivity contribution in [2.75, 3.05) is 13.2 Å². The Labute approximate surface area is 345 Å². The van der Waals surface area contributed by atoms with Crippen molar-refractivity contribution in [1.82, 2.24) is 20.3 Å². The molecule has 2 unspecified atom stereocenters. The number of halogens is 1. The molecule has 1 saturated heterocycles. The molecule has 2 aliphatic carbocycles. The van der Waals surface area contributed by atoms with Gasteiger partial charge in [0, 0.05) is 12.8 Å². The third kappa shape index (κ3) is 11.5. The lowest BCUT2D eigenvalue weighted by atomic mass is 9.79. The first kappa shape index (κ1) is 43.9. The zero-order valence-corrected chi connectivity index (χ0v) is 36.3. The van der Waals surface area contributed by atoms with Crippen LogP contribution >= 0.6 is 22.6 Å². The summed E-state index contributed by atoms with van der Waals surface area (Å²) in [7, 11) is -3.92. The summed E-state index contributed by atoms with van der Waals surface area (Å²) >= 11 is 1.89. The van der Waals surface area contributed by atoms with Crippen LogP contribution in [0.25, 0.3) is 0 Å². The zero-order chi connectivity index (χ0) is 41.0. The lowest BCUT2D eigenvalue weighted by molar-refractivity contribution is -0.150. The summed E-state index contributed by atoms with van der Waals surface area (Å²) < 4.78 is 38.3. The van der Waals surface area contributed by atoms with Crippen molar-refractivity contribution in [3.05, 3.63) is 47.5 Å². The Hall–Kier alpha value is -3.21. The second-order valence-electron chi connectivity index (χ2n) is 17.8. The van der Waals surface area contributed by atoms with E-state index in [9.17, 15) is 32.4 Å². The van der Waals surface area contributed by atoms with Gasteiger partial charge in [0.05, 0.1) is 22.3 Å². The molecule has 56 heavy (non-hydrogen) atoms. The van der Waals surface area contributed by atoms with Crippen molar-refractivity contribution in [3.63, 3.8) is 0 Å². The van der Waals surface area contributed by atoms with E-state index in [2.05, 4.69) is 54.0 Å². The van der Waals surface area contributed by atoms with E-state index in [-0.39, 0.29) is 31.4 Å². The fraction of sp³-hybridized carbons (Fsp3) is 0.683. The summed E-state index contributed by atoms with van der Waals surface area (Å²) in [6, 6.07) is 2.85. The quantitative estimate of drug-likeness (QED) is 0.146. The number of alkyl halides is 1. The predicted octanol–water partition coefficient (Wildman–Crippen LogP) is 5.06. The van der Waals surface area contributed by atoms with Gasteiger partial charge in [0.2, 0.25) is 21.8 Å². The molecule has 15 heteroatoms. The number of carbonyl (C=O) groups is 5. The van der Waals surface area contributed by atoms with E-state index in [1.54, 1.807) is 20.8 Å². The fourth-order valence-corrected chi connectivity index (χ4v) is 9.79. The van der Waals surface area contributed by atoms with Gasteiger partial charge in [-0.3, -0.25) is 23.9 Å². The third-order valence-corrected chi connectivity index (χ3v) is 14.5. The number of alkyl carbamates (subject to hydrolysis) is 1. The highest BCUT2D eigenvalue weighted by Gasteiger charge is 2.47. The van der Waals surface area contributed by atoms with Crippen LogP contribution in [0.2, 0.25) is 0 Å². The van der Waals surface area contributed by atoms with Crippen molar-refractivity contribution in [2.45, 2.75) is 145 Å². The molecule has 2 fully saturated rings. The van der Waals surface area contributed by atoms with Crippen LogP contribution in [-0.4, -0.2) is 89.7 Å². The van der Waals surface area contributed by atoms with Crippen LogP contribution in [0, 0.1) is 16.7 Å². The number of hydrogen-bond donors (Lipinski definition) is 3. The first-order chi connectivity index (χ1) is 26.3. The number of hydrogen-bond acceptors (Lipinski definition) is 9. The van der Waals surface area contributed by atoms with Gasteiger partial charge in [0.25, 0.3) is 5.91 Å². The summed E-state index contributed by atoms with van der Waals surface area (Å²) in [5, 5.41) is 4.75. The van der Waals surface area contributed by atoms with Gasteiger partial charge in [-0.1, -0.05) is 87.9 Å². The van der Waals surface area contributed by atoms with Crippen molar-refractivity contribution in [2.24, 2.45) is 16.7 Å². The molecular weight excluding hydrogens is 851 g/mol. The van der Waals surface area contributed by atoms with Crippen LogP contribution in [0.1, 0.15) is 109 Å². The van der Waals surface area contributed by atoms with Crippen LogP contribution < -0.4 is 15.4 Å². The van der Waals surface area contributed by atoms with E-state index in [4.69, 9.17) is 9.47 Å². The van der Waals surface area contributed by atoms with Gasteiger partial charge < -0.3 is 25.0 Å². The van der Waals surface area contributed by atoms with Crippen LogP contribution in [0.3, 0.4) is 0 Å². The van der Waals surface area contributed by atoms with Crippen molar-refractivity contribution < 1.29 is 41.9 Å². The summed E-state index contributed by atoms with van der Waals surface area (Å²) in [5.41, 5.74) is 2.99. The van der Waals surface area contributed by atoms with Crippen molar-refractivity contribution in [1.29, 1.82) is 0 Å². The molecule has 0 radical (unpaired) electrons. The van der Waals surface area contributed by atoms with Gasteiger partial charge in [-0.2, -0.15) is 0 Å². The summed E-state index contributed by atoms with van der Waals surface area (Å²) in [6.45, 7) is 13.2. The standard InChI is InChI=1S/C41H59IN4O9S/c1-7-31(42)34(37(49)45-56(52,53)29-16-17-29)43-36(48)32-22-28-23-46(32)38(50)35(40(2,3)4)44-39(51)54-24-41(5,6)20-9-8-11-26-12-10-13-27-21-25(14-18-30(26)27)15-19-33(47)55-28/h7,10,12-13,25,28-29,31-32,34-35H,1,8-9,11,14-24H2,2-6H3,(H,43,48)(H,44,51)(H,45,49)/t25?,28-,31+,32+,34?,35-/m1/s1. The molecule has 4 amide bonds. The monoisotopic (exact) mass is 910 g/mol. The lowest BCUT2D eigenvalue weighted by Crippen LogP contribution is -2.60. The fourth-order valence-electron chi connectivity index (χ4n) is 7.95. The van der Waals surface area contributed by atoms with Gasteiger partial charge in [-0.25, -0.2) is 13.2 Å². The first-order valence-corrected chi connectivity index (χ1v) is 22.7. The highest BCUT2D eigenvalue weighted by atomic mass is 127. The van der Waals surface area contributed by atoms with Crippen LogP contribution in [0.5, 0.6) is 0 Å². The Morgan fingerprint density at radius 2 is 1.75 bits per heavy atom. The maximum Gasteiger partial charge on any atom is 0.407 e. The number of benzene rings is 1. The molecule has 6 bridgehead atoms. The minimum Gasteiger partial charge on any atom is -0.460 e. The maximum absolute atomic E-state index is 14.5. The molecule has 6 atom stereocenters. The van der Waals surface area contributed by atoms with Gasteiger partial charge in [-0.15, -0.1) is 6.58 Å². The summed E-state index contributed by atoms with van der Waals surface area (Å²) in [4.78, 5) is 69.9. The Kier molecular flexibility index (Phi) is 14.2. The second kappa shape index (κ2) is 18.2. The summed E-state index contributed by atoms with van der Waals surface area (Å²) in [6.07, 6.45) is 8.07. The molecule has 3 heterocycles. The number of esters is 1. The normalized spacial score (nSPS) is 26.5. The minimum absolute atomic E-state index is 0.0624. The predicted molar refractivity (Wildman–Crippen MR) is 220 cm³/mol. The molecule has 13 nitrogen and oxygen atoms in total. The van der Waals surface area contributed by atoms with E-state index < -0.39 is 78.6 Å². The van der Waals surface area contributed by atoms with E-state index >= 15 is 0 Å². The number of fused-ring (bicyclic) bond motifs is 14. The Morgan fingerprint density at radius 3 is 2.43 bits per heavy atom. The number of carbonyl (C=O) groups excluding carboxylic acids is 5. The SMILES string of the molecule is C=C[C@H](I)C(NC(=O)[C@@H]1C[C@@H]2CN1C(=O)[C@H](C(C)(C)C)NC(=O)OCC(C)(C)CCCCc1cccc3c1CCC(CCC(=O)O2)C3)C(=O)NS(=O)(=O)C1CC1. The number of nitrogens with one attached hydrogen (secondary N) is 3. The number of rotatable bonds is 7. The molecule has 6 rings (SSSR count). The molecule has 3 aliphatic heterocycles. The number of ether oxygens (including phenoxy) is 2. The van der Waals surface area contributed by atoms with Crippen LogP contribution in [-0.2, 0) is 57.9 Å². The van der Waals surface area contributed by atoms with E-state index in [0.717, 1.165) is 44.9 Å². The molecule has 5 aliphatic rings. The Bertz CT molecular complexity index is 1770. The highest BCUT2D eigenvalue weighted by molar-refractivity contribution is 14.1. The molecule has 0 spiro atoms. The number of aryl methyl sites for hydroxylation is 1. The van der Waals surface area contributed by atoms with Gasteiger partial charge in [0.15, 0.2) is 0 Å². The molecule has 1 aromatic carbocycles. The average molecular weight is 911 g/mol. The van der Waals surface area contributed by atoms with Crippen molar-refractivity contribution in [3.8, 4) is 0 Å². The lowest BCUT2D eigenvalue weighted by Gasteiger charge is -2.35. The molecule has 1 aromatic rings. The summed E-state index contributed by atoms with van der Waals surface area (Å²) in [5.74, 6) is -2.35. The van der Waals surface area contributed by atoms with E-state index in [1.807, 2.05) is 22.6 Å². The molecule has 0 aromatic heterocycles. The topological polar surface area (TPSA) is 177 Å². The Morgan fingerprint density at radius 1 is 1.05 bits per heavy atom. The average Bonchev–Trinajstić information content (AvgIpc) is 3.92. The number of sulfonamides is 1. The Balaban J connectivity index is 1.40. The molecule has 1 saturated carbocycles. The van der Waals surface area contributed by atoms with Gasteiger partial charge in [0.1, 0.15) is 24.2 Å². The molecular formula is C41H59IN4O9S. The number of nitrogens with zero attached hydrogens (tertiary/aromatic N) is 1. The maximum atomic E-state index is 14.5. The number of amides is 4. The van der Waals surface area contributed by atoms with Crippen LogP contribution in [0.15, 0.2) is 30.9 Å². The minimum atomic E-state index is -3.92. The molecule has 310 valence electrons. The first-order valence-electron chi connectivity index (χ1n) is 19.9. The highest BCUT2D eigenvalue weighted by Crippen LogP contribution is 2.34. The van der Waals surface area contributed by atoms with Gasteiger partial charge in [-0.05, 0) is 91.2 Å².